The van der Waals surface area contributed by atoms with E-state index in [0.29, 0.717) is 20.4 Å². The molecule has 0 saturated heterocycles. The lowest BCUT2D eigenvalue weighted by atomic mass is 10.2. The molecule has 0 saturated carbocycles. The van der Waals surface area contributed by atoms with E-state index in [1.54, 1.807) is 12.1 Å². The van der Waals surface area contributed by atoms with Crippen LogP contribution in [0.4, 0.5) is 0 Å². The summed E-state index contributed by atoms with van der Waals surface area (Å²) in [6.45, 7) is 3.14. The standard InChI is InChI=1S/C18H16BrClO3S/c1-12-3-9-16(10-4-12)24(22)17(11-23-13(2)21)18(20)14-5-7-15(19)8-6-14/h3-10H,11H2,1-2H3/b18-17-. The van der Waals surface area contributed by atoms with Crippen LogP contribution >= 0.6 is 27.5 Å². The zero-order valence-electron chi connectivity index (χ0n) is 13.2. The fourth-order valence-corrected chi connectivity index (χ4v) is 3.70. The average Bonchev–Trinajstić information content (AvgIpc) is 2.55. The highest BCUT2D eigenvalue weighted by molar-refractivity contribution is 9.10. The van der Waals surface area contributed by atoms with Crippen molar-refractivity contribution in [3.05, 3.63) is 69.0 Å². The molecule has 0 spiro atoms. The second kappa shape index (κ2) is 8.60. The van der Waals surface area contributed by atoms with Gasteiger partial charge in [-0.2, -0.15) is 0 Å². The Kier molecular flexibility index (Phi) is 6.78. The molecule has 2 aromatic carbocycles. The minimum absolute atomic E-state index is 0.120. The molecule has 3 nitrogen and oxygen atoms in total. The molecular weight excluding hydrogens is 412 g/mol. The Labute approximate surface area is 157 Å². The summed E-state index contributed by atoms with van der Waals surface area (Å²) in [4.78, 5) is 12.1. The first-order chi connectivity index (χ1) is 11.4. The summed E-state index contributed by atoms with van der Waals surface area (Å²) in [6.07, 6.45) is 0. The molecule has 2 aromatic rings. The van der Waals surface area contributed by atoms with Crippen molar-refractivity contribution in [2.24, 2.45) is 0 Å². The van der Waals surface area contributed by atoms with Gasteiger partial charge in [-0.05, 0) is 36.8 Å². The van der Waals surface area contributed by atoms with Gasteiger partial charge in [-0.25, -0.2) is 4.21 Å². The van der Waals surface area contributed by atoms with Crippen LogP contribution in [0, 0.1) is 6.92 Å². The quantitative estimate of drug-likeness (QED) is 0.628. The fourth-order valence-electron chi connectivity index (χ4n) is 1.93. The van der Waals surface area contributed by atoms with Crippen LogP contribution in [0.25, 0.3) is 5.03 Å². The number of carbonyl (C=O) groups excluding carboxylic acids is 1. The molecule has 0 aliphatic heterocycles. The predicted molar refractivity (Wildman–Crippen MR) is 101 cm³/mol. The van der Waals surface area contributed by atoms with E-state index in [2.05, 4.69) is 15.9 Å². The highest BCUT2D eigenvalue weighted by Crippen LogP contribution is 2.29. The summed E-state index contributed by atoms with van der Waals surface area (Å²) in [5.74, 6) is -0.450. The van der Waals surface area contributed by atoms with Crippen LogP contribution in [0.5, 0.6) is 0 Å². The van der Waals surface area contributed by atoms with Crippen molar-refractivity contribution in [1.29, 1.82) is 0 Å². The van der Waals surface area contributed by atoms with E-state index in [0.717, 1.165) is 10.0 Å². The van der Waals surface area contributed by atoms with Crippen LogP contribution in [0.3, 0.4) is 0 Å². The minimum atomic E-state index is -1.52. The van der Waals surface area contributed by atoms with Gasteiger partial charge in [-0.3, -0.25) is 4.79 Å². The molecule has 0 heterocycles. The minimum Gasteiger partial charge on any atom is -0.460 e. The Morgan fingerprint density at radius 1 is 1.12 bits per heavy atom. The smallest absolute Gasteiger partial charge is 0.302 e. The third-order valence-electron chi connectivity index (χ3n) is 3.21. The number of esters is 1. The average molecular weight is 428 g/mol. The third kappa shape index (κ3) is 5.03. The number of carbonyl (C=O) groups is 1. The van der Waals surface area contributed by atoms with Gasteiger partial charge >= 0.3 is 5.97 Å². The number of aryl methyl sites for hydroxylation is 1. The maximum atomic E-state index is 12.9. The number of benzene rings is 2. The van der Waals surface area contributed by atoms with Crippen molar-refractivity contribution in [3.63, 3.8) is 0 Å². The third-order valence-corrected chi connectivity index (χ3v) is 5.76. The Morgan fingerprint density at radius 3 is 2.25 bits per heavy atom. The van der Waals surface area contributed by atoms with Crippen LogP contribution in [0.15, 0.2) is 62.8 Å². The highest BCUT2D eigenvalue weighted by atomic mass is 79.9. The SMILES string of the molecule is CC(=O)OC/C(=C(/Cl)c1ccc(Br)cc1)S(=O)c1ccc(C)cc1. The van der Waals surface area contributed by atoms with Gasteiger partial charge in [0.25, 0.3) is 0 Å². The number of ether oxygens (including phenoxy) is 1. The lowest BCUT2D eigenvalue weighted by molar-refractivity contribution is -0.139. The largest absolute Gasteiger partial charge is 0.460 e. The van der Waals surface area contributed by atoms with E-state index in [9.17, 15) is 9.00 Å². The second-order valence-corrected chi connectivity index (χ2v) is 7.90. The first kappa shape index (κ1) is 18.9. The topological polar surface area (TPSA) is 43.4 Å². The van der Waals surface area contributed by atoms with Gasteiger partial charge in [0.2, 0.25) is 0 Å². The zero-order chi connectivity index (χ0) is 17.7. The van der Waals surface area contributed by atoms with Crippen molar-refractivity contribution in [2.75, 3.05) is 6.61 Å². The van der Waals surface area contributed by atoms with E-state index in [1.165, 1.54) is 6.92 Å². The summed E-state index contributed by atoms with van der Waals surface area (Å²) in [7, 11) is -1.52. The van der Waals surface area contributed by atoms with Crippen molar-refractivity contribution in [2.45, 2.75) is 18.7 Å². The number of hydrogen-bond donors (Lipinski definition) is 0. The normalized spacial score (nSPS) is 13.2. The molecule has 0 radical (unpaired) electrons. The van der Waals surface area contributed by atoms with Crippen LogP contribution in [0.1, 0.15) is 18.1 Å². The molecule has 126 valence electrons. The molecule has 1 unspecified atom stereocenters. The summed E-state index contributed by atoms with van der Waals surface area (Å²) < 4.78 is 18.9. The van der Waals surface area contributed by atoms with E-state index >= 15 is 0 Å². The summed E-state index contributed by atoms with van der Waals surface area (Å²) in [6, 6.07) is 14.6. The molecule has 0 aliphatic rings. The van der Waals surface area contributed by atoms with Crippen LogP contribution in [-0.4, -0.2) is 16.8 Å². The van der Waals surface area contributed by atoms with Gasteiger partial charge < -0.3 is 4.74 Å². The van der Waals surface area contributed by atoms with Gasteiger partial charge in [0.15, 0.2) is 0 Å². The molecule has 1 atom stereocenters. The molecule has 24 heavy (non-hydrogen) atoms. The van der Waals surface area contributed by atoms with E-state index < -0.39 is 16.8 Å². The predicted octanol–water partition coefficient (Wildman–Crippen LogP) is 5.04. The Bertz CT molecular complexity index is 783. The lowest BCUT2D eigenvalue weighted by Crippen LogP contribution is -2.09. The first-order valence-electron chi connectivity index (χ1n) is 7.15. The monoisotopic (exact) mass is 426 g/mol. The number of rotatable bonds is 5. The van der Waals surface area contributed by atoms with E-state index in [1.807, 2.05) is 43.3 Å². The molecule has 0 amide bonds. The second-order valence-electron chi connectivity index (χ2n) is 5.11. The van der Waals surface area contributed by atoms with Crippen molar-refractivity contribution >= 4 is 49.3 Å². The van der Waals surface area contributed by atoms with Crippen molar-refractivity contribution in [3.8, 4) is 0 Å². The highest BCUT2D eigenvalue weighted by Gasteiger charge is 2.18. The number of hydrogen-bond acceptors (Lipinski definition) is 3. The Hall–Kier alpha value is -1.43. The van der Waals surface area contributed by atoms with Crippen molar-refractivity contribution < 1.29 is 13.7 Å². The van der Waals surface area contributed by atoms with E-state index in [-0.39, 0.29) is 6.61 Å². The zero-order valence-corrected chi connectivity index (χ0v) is 16.4. The maximum Gasteiger partial charge on any atom is 0.302 e. The van der Waals surface area contributed by atoms with Gasteiger partial charge in [0.1, 0.15) is 6.61 Å². The molecule has 0 fully saturated rings. The molecule has 6 heteroatoms. The van der Waals surface area contributed by atoms with Crippen LogP contribution in [-0.2, 0) is 20.3 Å². The van der Waals surface area contributed by atoms with Crippen LogP contribution < -0.4 is 0 Å². The van der Waals surface area contributed by atoms with Gasteiger partial charge in [-0.15, -0.1) is 0 Å². The summed E-state index contributed by atoms with van der Waals surface area (Å²) in [5.41, 5.74) is 1.78. The molecule has 0 N–H and O–H groups in total. The number of halogens is 2. The lowest BCUT2D eigenvalue weighted by Gasteiger charge is -2.12. The van der Waals surface area contributed by atoms with Crippen LogP contribution in [0.2, 0.25) is 0 Å². The maximum absolute atomic E-state index is 12.9. The van der Waals surface area contributed by atoms with Crippen molar-refractivity contribution in [1.82, 2.24) is 0 Å². The molecule has 0 aliphatic carbocycles. The molecular formula is C18H16BrClO3S. The van der Waals surface area contributed by atoms with E-state index in [4.69, 9.17) is 16.3 Å². The van der Waals surface area contributed by atoms with Gasteiger partial charge in [0, 0.05) is 16.3 Å². The Morgan fingerprint density at radius 2 is 1.71 bits per heavy atom. The van der Waals surface area contributed by atoms with Gasteiger partial charge in [-0.1, -0.05) is 57.4 Å². The molecule has 0 bridgehead atoms. The first-order valence-corrected chi connectivity index (χ1v) is 9.47. The van der Waals surface area contributed by atoms with Gasteiger partial charge in [0.05, 0.1) is 20.7 Å². The molecule has 0 aromatic heterocycles. The summed E-state index contributed by atoms with van der Waals surface area (Å²) >= 11 is 9.83. The molecule has 2 rings (SSSR count). The fraction of sp³-hybridized carbons (Fsp3) is 0.167. The Balaban J connectivity index is 2.44. The summed E-state index contributed by atoms with van der Waals surface area (Å²) in [5, 5.41) is 0.322.